The van der Waals surface area contributed by atoms with Crippen molar-refractivity contribution in [3.63, 3.8) is 0 Å². The normalized spacial score (nSPS) is 23.7. The molecule has 2 heteroatoms. The molecule has 0 bridgehead atoms. The molecule has 1 heterocycles. The smallest absolute Gasteiger partial charge is 0.116 e. The molecule has 2 aliphatic rings. The highest BCUT2D eigenvalue weighted by atomic mass is 16.3. The zero-order chi connectivity index (χ0) is 16.3. The van der Waals surface area contributed by atoms with E-state index in [1.807, 2.05) is 6.07 Å². The largest absolute Gasteiger partial charge is 0.508 e. The second-order valence-corrected chi connectivity index (χ2v) is 8.84. The lowest BCUT2D eigenvalue weighted by molar-refractivity contribution is -0.0764. The summed E-state index contributed by atoms with van der Waals surface area (Å²) in [7, 11) is 0. The number of aromatic hydroxyl groups is 1. The average molecular weight is 301 g/mol. The molecule has 0 unspecified atom stereocenters. The number of nitrogens with zero attached hydrogens (tertiary/aromatic N) is 1. The number of aryl methyl sites for hydroxylation is 1. The molecular weight excluding hydrogens is 270 g/mol. The molecular formula is C20H31NO. The van der Waals surface area contributed by atoms with Gasteiger partial charge in [0, 0.05) is 16.6 Å². The van der Waals surface area contributed by atoms with Gasteiger partial charge in [-0.15, -0.1) is 0 Å². The lowest BCUT2D eigenvalue weighted by Gasteiger charge is -2.54. The van der Waals surface area contributed by atoms with Gasteiger partial charge in [-0.05, 0) is 83.2 Å². The maximum Gasteiger partial charge on any atom is 0.116 e. The minimum absolute atomic E-state index is 0.00269. The standard InChI is InChI=1S/C20H31NO/c1-14-12-15(22)13-16-17(14)19(5,6)21(18(2,3)4)20(16)10-8-7-9-11-20/h12-13,22H,7-11H2,1-6H3. The molecule has 3 rings (SSSR count). The summed E-state index contributed by atoms with van der Waals surface area (Å²) < 4.78 is 0. The Bertz CT molecular complexity index is 588. The first-order chi connectivity index (χ1) is 10.1. The molecule has 1 fully saturated rings. The van der Waals surface area contributed by atoms with Gasteiger partial charge < -0.3 is 5.11 Å². The maximum atomic E-state index is 10.2. The predicted octanol–water partition coefficient (Wildman–Crippen LogP) is 5.21. The van der Waals surface area contributed by atoms with E-state index < -0.39 is 0 Å². The second-order valence-electron chi connectivity index (χ2n) is 8.84. The van der Waals surface area contributed by atoms with Crippen LogP contribution in [0.5, 0.6) is 5.75 Å². The van der Waals surface area contributed by atoms with Crippen LogP contribution in [0, 0.1) is 6.92 Å². The van der Waals surface area contributed by atoms with Crippen LogP contribution in [0.1, 0.15) is 83.4 Å². The summed E-state index contributed by atoms with van der Waals surface area (Å²) >= 11 is 0. The van der Waals surface area contributed by atoms with Crippen molar-refractivity contribution >= 4 is 0 Å². The highest BCUT2D eigenvalue weighted by molar-refractivity contribution is 5.53. The number of fused-ring (bicyclic) bond motifs is 2. The summed E-state index contributed by atoms with van der Waals surface area (Å²) in [5, 5.41) is 10.2. The summed E-state index contributed by atoms with van der Waals surface area (Å²) in [4.78, 5) is 2.75. The van der Waals surface area contributed by atoms with E-state index in [1.54, 1.807) is 0 Å². The zero-order valence-electron chi connectivity index (χ0n) is 15.1. The molecule has 0 radical (unpaired) electrons. The van der Waals surface area contributed by atoms with Crippen LogP contribution in [0.15, 0.2) is 12.1 Å². The lowest BCUT2D eigenvalue weighted by atomic mass is 9.75. The van der Waals surface area contributed by atoms with Gasteiger partial charge in [-0.25, -0.2) is 0 Å². The van der Waals surface area contributed by atoms with Crippen LogP contribution in [0.2, 0.25) is 0 Å². The van der Waals surface area contributed by atoms with Crippen LogP contribution >= 0.6 is 0 Å². The average Bonchev–Trinajstić information content (AvgIpc) is 2.54. The van der Waals surface area contributed by atoms with Gasteiger partial charge in [-0.1, -0.05) is 19.3 Å². The van der Waals surface area contributed by atoms with Crippen molar-refractivity contribution < 1.29 is 5.11 Å². The molecule has 1 aromatic rings. The Hall–Kier alpha value is -1.02. The Morgan fingerprint density at radius 3 is 2.18 bits per heavy atom. The number of benzene rings is 1. The molecule has 22 heavy (non-hydrogen) atoms. The summed E-state index contributed by atoms with van der Waals surface area (Å²) in [6.07, 6.45) is 6.34. The van der Waals surface area contributed by atoms with Crippen molar-refractivity contribution in [1.82, 2.24) is 4.90 Å². The lowest BCUT2D eigenvalue weighted by Crippen LogP contribution is -2.58. The van der Waals surface area contributed by atoms with Gasteiger partial charge in [0.1, 0.15) is 5.75 Å². The fourth-order valence-corrected chi connectivity index (χ4v) is 5.82. The molecule has 1 aliphatic heterocycles. The molecule has 1 aliphatic carbocycles. The fraction of sp³-hybridized carbons (Fsp3) is 0.700. The van der Waals surface area contributed by atoms with E-state index in [9.17, 15) is 5.11 Å². The Labute approximate surface area is 135 Å². The molecule has 1 aromatic carbocycles. The number of rotatable bonds is 0. The predicted molar refractivity (Wildman–Crippen MR) is 92.2 cm³/mol. The Balaban J connectivity index is 2.31. The minimum atomic E-state index is 0.00269. The van der Waals surface area contributed by atoms with E-state index in [-0.39, 0.29) is 16.6 Å². The molecule has 122 valence electrons. The first-order valence-electron chi connectivity index (χ1n) is 8.76. The van der Waals surface area contributed by atoms with Gasteiger partial charge in [0.2, 0.25) is 0 Å². The van der Waals surface area contributed by atoms with E-state index in [1.165, 1.54) is 48.8 Å². The molecule has 0 atom stereocenters. The SMILES string of the molecule is Cc1cc(O)cc2c1C(C)(C)N(C(C)(C)C)C21CCCCC1. The number of phenols is 1. The Morgan fingerprint density at radius 2 is 1.64 bits per heavy atom. The van der Waals surface area contributed by atoms with Crippen LogP contribution in [0.3, 0.4) is 0 Å². The van der Waals surface area contributed by atoms with Crippen LogP contribution in [-0.4, -0.2) is 15.5 Å². The molecule has 0 amide bonds. The molecule has 0 saturated heterocycles. The molecule has 1 saturated carbocycles. The Kier molecular flexibility index (Phi) is 3.41. The monoisotopic (exact) mass is 301 g/mol. The second kappa shape index (κ2) is 4.74. The third kappa shape index (κ3) is 2.03. The summed E-state index contributed by atoms with van der Waals surface area (Å²) in [6.45, 7) is 13.9. The molecule has 1 N–H and O–H groups in total. The topological polar surface area (TPSA) is 23.5 Å². The van der Waals surface area contributed by atoms with Crippen LogP contribution in [0.4, 0.5) is 0 Å². The van der Waals surface area contributed by atoms with Crippen molar-refractivity contribution in [2.24, 2.45) is 0 Å². The van der Waals surface area contributed by atoms with Gasteiger partial charge in [0.25, 0.3) is 0 Å². The third-order valence-corrected chi connectivity index (χ3v) is 5.77. The highest BCUT2D eigenvalue weighted by Crippen LogP contribution is 2.59. The quantitative estimate of drug-likeness (QED) is 0.711. The molecule has 2 nitrogen and oxygen atoms in total. The van der Waals surface area contributed by atoms with Gasteiger partial charge in [0.05, 0.1) is 0 Å². The molecule has 0 aromatic heterocycles. The van der Waals surface area contributed by atoms with Crippen molar-refractivity contribution in [1.29, 1.82) is 0 Å². The maximum absolute atomic E-state index is 10.2. The summed E-state index contributed by atoms with van der Waals surface area (Å²) in [5.41, 5.74) is 4.27. The van der Waals surface area contributed by atoms with Gasteiger partial charge in [-0.2, -0.15) is 0 Å². The van der Waals surface area contributed by atoms with Gasteiger partial charge in [0.15, 0.2) is 0 Å². The van der Waals surface area contributed by atoms with Crippen molar-refractivity contribution in [3.8, 4) is 5.75 Å². The first kappa shape index (κ1) is 15.9. The summed E-state index contributed by atoms with van der Waals surface area (Å²) in [5.74, 6) is 0.424. The first-order valence-corrected chi connectivity index (χ1v) is 8.76. The van der Waals surface area contributed by atoms with E-state index in [2.05, 4.69) is 52.5 Å². The van der Waals surface area contributed by atoms with Crippen molar-refractivity contribution in [2.45, 2.75) is 90.3 Å². The van der Waals surface area contributed by atoms with E-state index >= 15 is 0 Å². The Morgan fingerprint density at radius 1 is 1.05 bits per heavy atom. The van der Waals surface area contributed by atoms with Crippen molar-refractivity contribution in [2.75, 3.05) is 0 Å². The summed E-state index contributed by atoms with van der Waals surface area (Å²) in [6, 6.07) is 3.99. The van der Waals surface area contributed by atoms with E-state index in [4.69, 9.17) is 0 Å². The number of hydrogen-bond acceptors (Lipinski definition) is 2. The molecule has 1 spiro atoms. The third-order valence-electron chi connectivity index (χ3n) is 5.77. The van der Waals surface area contributed by atoms with Gasteiger partial charge in [-0.3, -0.25) is 4.90 Å². The van der Waals surface area contributed by atoms with Crippen LogP contribution in [0.25, 0.3) is 0 Å². The van der Waals surface area contributed by atoms with Crippen LogP contribution < -0.4 is 0 Å². The zero-order valence-corrected chi connectivity index (χ0v) is 15.1. The van der Waals surface area contributed by atoms with E-state index in [0.717, 1.165) is 0 Å². The van der Waals surface area contributed by atoms with Crippen molar-refractivity contribution in [3.05, 3.63) is 28.8 Å². The highest BCUT2D eigenvalue weighted by Gasteiger charge is 2.58. The van der Waals surface area contributed by atoms with Gasteiger partial charge >= 0.3 is 0 Å². The minimum Gasteiger partial charge on any atom is -0.508 e. The number of hydrogen-bond donors (Lipinski definition) is 1. The van der Waals surface area contributed by atoms with E-state index in [0.29, 0.717) is 5.75 Å². The van der Waals surface area contributed by atoms with Crippen LogP contribution in [-0.2, 0) is 11.1 Å². The fourth-order valence-electron chi connectivity index (χ4n) is 5.82. The number of phenolic OH excluding ortho intramolecular Hbond substituents is 1.